The molecule has 6 nitrogen and oxygen atoms in total. The molecule has 0 radical (unpaired) electrons. The molecule has 0 spiro atoms. The second kappa shape index (κ2) is 12.3. The zero-order valence-corrected chi connectivity index (χ0v) is 17.9. The van der Waals surface area contributed by atoms with Gasteiger partial charge in [-0.15, -0.1) is 0 Å². The lowest BCUT2D eigenvalue weighted by Gasteiger charge is -2.33. The number of hydrogen-bond donors (Lipinski definition) is 0. The highest BCUT2D eigenvalue weighted by Crippen LogP contribution is 2.38. The largest absolute Gasteiger partial charge is 0.465 e. The first-order valence-corrected chi connectivity index (χ1v) is 9.81. The lowest BCUT2D eigenvalue weighted by Crippen LogP contribution is -2.39. The van der Waals surface area contributed by atoms with Crippen LogP contribution in [0.3, 0.4) is 0 Å². The van der Waals surface area contributed by atoms with E-state index in [1.807, 2.05) is 34.6 Å². The Morgan fingerprint density at radius 2 is 1.42 bits per heavy atom. The van der Waals surface area contributed by atoms with Crippen LogP contribution < -0.4 is 0 Å². The predicted octanol–water partition coefficient (Wildman–Crippen LogP) is 3.63. The first-order valence-electron chi connectivity index (χ1n) is 9.81. The minimum atomic E-state index is -0.769. The number of esters is 2. The fraction of sp³-hybridized carbons (Fsp3) is 0.900. The molecule has 154 valence electrons. The average Bonchev–Trinajstić information content (AvgIpc) is 2.61. The molecule has 0 bridgehead atoms. The van der Waals surface area contributed by atoms with Crippen molar-refractivity contribution in [2.75, 3.05) is 39.6 Å². The molecule has 1 unspecified atom stereocenters. The third kappa shape index (κ3) is 8.49. The van der Waals surface area contributed by atoms with Gasteiger partial charge in [-0.25, -0.2) is 0 Å². The van der Waals surface area contributed by atoms with Crippen LogP contribution in [-0.2, 0) is 23.8 Å². The molecule has 0 fully saturated rings. The van der Waals surface area contributed by atoms with Crippen LogP contribution in [-0.4, -0.2) is 56.5 Å². The Morgan fingerprint density at radius 1 is 0.846 bits per heavy atom. The first kappa shape index (κ1) is 24.9. The molecule has 0 aliphatic rings. The van der Waals surface area contributed by atoms with E-state index >= 15 is 0 Å². The number of hydrogen-bond acceptors (Lipinski definition) is 6. The Kier molecular flexibility index (Phi) is 11.7. The first-order chi connectivity index (χ1) is 12.2. The Balaban J connectivity index is 4.49. The van der Waals surface area contributed by atoms with E-state index in [1.54, 1.807) is 0 Å². The van der Waals surface area contributed by atoms with Crippen molar-refractivity contribution in [2.45, 2.75) is 67.7 Å². The number of ether oxygens (including phenoxy) is 3. The Hall–Kier alpha value is -1.14. The van der Waals surface area contributed by atoms with E-state index in [-0.39, 0.29) is 18.5 Å². The van der Waals surface area contributed by atoms with Crippen LogP contribution >= 0.6 is 0 Å². The van der Waals surface area contributed by atoms with Gasteiger partial charge in [-0.2, -0.15) is 0 Å². The predicted molar refractivity (Wildman–Crippen MR) is 103 cm³/mol. The molecule has 0 heterocycles. The number of carbonyl (C=O) groups excluding carboxylic acids is 2. The highest BCUT2D eigenvalue weighted by Gasteiger charge is 2.42. The molecule has 0 rings (SSSR count). The Bertz CT molecular complexity index is 420. The molecule has 26 heavy (non-hydrogen) atoms. The van der Waals surface area contributed by atoms with Crippen LogP contribution in [0.25, 0.3) is 0 Å². The lowest BCUT2D eigenvalue weighted by atomic mass is 9.72. The van der Waals surface area contributed by atoms with Crippen molar-refractivity contribution in [3.8, 4) is 0 Å². The maximum absolute atomic E-state index is 12.5. The molecule has 0 N–H and O–H groups in total. The quantitative estimate of drug-likeness (QED) is 0.263. The monoisotopic (exact) mass is 373 g/mol. The fourth-order valence-electron chi connectivity index (χ4n) is 2.75. The zero-order chi connectivity index (χ0) is 20.2. The van der Waals surface area contributed by atoms with Crippen LogP contribution in [0, 0.1) is 10.8 Å². The molecule has 1 atom stereocenters. The molecule has 0 aromatic rings. The molecule has 0 aliphatic heterocycles. The summed E-state index contributed by atoms with van der Waals surface area (Å²) in [6.45, 7) is 16.9. The molecule has 0 aromatic carbocycles. The van der Waals surface area contributed by atoms with Crippen molar-refractivity contribution in [1.82, 2.24) is 4.90 Å². The zero-order valence-electron chi connectivity index (χ0n) is 17.9. The topological polar surface area (TPSA) is 65.1 Å². The van der Waals surface area contributed by atoms with E-state index in [0.717, 1.165) is 19.5 Å². The minimum absolute atomic E-state index is 0.215. The minimum Gasteiger partial charge on any atom is -0.465 e. The molecule has 6 heteroatoms. The summed E-state index contributed by atoms with van der Waals surface area (Å²) >= 11 is 0. The van der Waals surface area contributed by atoms with Gasteiger partial charge in [-0.05, 0) is 53.1 Å². The summed E-state index contributed by atoms with van der Waals surface area (Å²) in [6, 6.07) is 0. The molecular weight excluding hydrogens is 334 g/mol. The van der Waals surface area contributed by atoms with Crippen molar-refractivity contribution >= 4 is 11.9 Å². The summed E-state index contributed by atoms with van der Waals surface area (Å²) in [5.74, 6) is -0.558. The highest BCUT2D eigenvalue weighted by molar-refractivity contribution is 5.80. The van der Waals surface area contributed by atoms with E-state index in [1.165, 1.54) is 0 Å². The second-order valence-electron chi connectivity index (χ2n) is 7.59. The van der Waals surface area contributed by atoms with Gasteiger partial charge in [0, 0.05) is 0 Å². The molecular formula is C20H39NO5. The molecule has 0 aliphatic carbocycles. The fourth-order valence-corrected chi connectivity index (χ4v) is 2.75. The lowest BCUT2D eigenvalue weighted by molar-refractivity contribution is -0.164. The molecule has 0 saturated heterocycles. The van der Waals surface area contributed by atoms with Crippen LogP contribution in [0.4, 0.5) is 0 Å². The van der Waals surface area contributed by atoms with Gasteiger partial charge in [0.15, 0.2) is 0 Å². The van der Waals surface area contributed by atoms with Crippen molar-refractivity contribution in [3.05, 3.63) is 0 Å². The van der Waals surface area contributed by atoms with Crippen molar-refractivity contribution in [2.24, 2.45) is 10.8 Å². The van der Waals surface area contributed by atoms with Gasteiger partial charge in [0.25, 0.3) is 0 Å². The molecule has 0 saturated carbocycles. The second-order valence-corrected chi connectivity index (χ2v) is 7.59. The third-order valence-corrected chi connectivity index (χ3v) is 4.72. The van der Waals surface area contributed by atoms with Crippen LogP contribution in [0.2, 0.25) is 0 Å². The van der Waals surface area contributed by atoms with Gasteiger partial charge in [0.2, 0.25) is 0 Å². The van der Waals surface area contributed by atoms with Gasteiger partial charge in [0.1, 0.15) is 6.61 Å². The van der Waals surface area contributed by atoms with Crippen molar-refractivity contribution in [1.29, 1.82) is 0 Å². The van der Waals surface area contributed by atoms with Crippen LogP contribution in [0.5, 0.6) is 0 Å². The summed E-state index contributed by atoms with van der Waals surface area (Å²) in [4.78, 5) is 27.0. The SMILES string of the molecule is CCCOC(=O)C(C)(CC)CC(C)(C)C(=O)OCCOCN(CC)CC. The van der Waals surface area contributed by atoms with Gasteiger partial charge in [-0.3, -0.25) is 14.5 Å². The van der Waals surface area contributed by atoms with Crippen LogP contribution in [0.1, 0.15) is 67.7 Å². The van der Waals surface area contributed by atoms with Gasteiger partial charge in [0.05, 0.1) is 30.8 Å². The van der Waals surface area contributed by atoms with E-state index in [2.05, 4.69) is 18.7 Å². The molecule has 0 amide bonds. The summed E-state index contributed by atoms with van der Waals surface area (Å²) in [5.41, 5.74) is -1.47. The van der Waals surface area contributed by atoms with E-state index < -0.39 is 10.8 Å². The van der Waals surface area contributed by atoms with Gasteiger partial charge >= 0.3 is 11.9 Å². The maximum atomic E-state index is 12.5. The van der Waals surface area contributed by atoms with E-state index in [9.17, 15) is 9.59 Å². The normalized spacial score (nSPS) is 14.2. The van der Waals surface area contributed by atoms with Crippen molar-refractivity contribution < 1.29 is 23.8 Å². The molecule has 0 aromatic heterocycles. The van der Waals surface area contributed by atoms with Crippen LogP contribution in [0.15, 0.2) is 0 Å². The number of nitrogens with zero attached hydrogens (tertiary/aromatic N) is 1. The summed E-state index contributed by atoms with van der Waals surface area (Å²) in [7, 11) is 0. The van der Waals surface area contributed by atoms with Gasteiger partial charge < -0.3 is 14.2 Å². The summed E-state index contributed by atoms with van der Waals surface area (Å²) in [5, 5.41) is 0. The highest BCUT2D eigenvalue weighted by atomic mass is 16.6. The number of carbonyl (C=O) groups is 2. The Morgan fingerprint density at radius 3 is 1.92 bits per heavy atom. The summed E-state index contributed by atoms with van der Waals surface area (Å²) < 4.78 is 16.2. The van der Waals surface area contributed by atoms with Gasteiger partial charge in [-0.1, -0.05) is 27.7 Å². The average molecular weight is 374 g/mol. The standard InChI is InChI=1S/C20H39NO5/c1-8-12-25-18(23)20(7,9-2)15-19(5,6)17(22)26-14-13-24-16-21(10-3)11-4/h8-16H2,1-7H3. The maximum Gasteiger partial charge on any atom is 0.311 e. The third-order valence-electron chi connectivity index (χ3n) is 4.72. The smallest absolute Gasteiger partial charge is 0.311 e. The number of rotatable bonds is 14. The van der Waals surface area contributed by atoms with E-state index in [4.69, 9.17) is 14.2 Å². The Labute approximate surface area is 159 Å². The summed E-state index contributed by atoms with van der Waals surface area (Å²) in [6.07, 6.45) is 1.78. The van der Waals surface area contributed by atoms with E-state index in [0.29, 0.717) is 32.8 Å². The van der Waals surface area contributed by atoms with Crippen molar-refractivity contribution in [3.63, 3.8) is 0 Å².